The van der Waals surface area contributed by atoms with Crippen molar-refractivity contribution in [3.63, 3.8) is 0 Å². The van der Waals surface area contributed by atoms with Crippen LogP contribution in [0.5, 0.6) is 0 Å². The highest BCUT2D eigenvalue weighted by Gasteiger charge is 2.13. The van der Waals surface area contributed by atoms with Crippen LogP contribution in [0.15, 0.2) is 30.5 Å². The summed E-state index contributed by atoms with van der Waals surface area (Å²) in [6.45, 7) is 5.19. The predicted molar refractivity (Wildman–Crippen MR) is 97.8 cm³/mol. The number of aromatic nitrogens is 1. The normalized spacial score (nSPS) is 16.7. The molecule has 3 rings (SSSR count). The molecule has 1 aromatic heterocycles. The van der Waals surface area contributed by atoms with Crippen molar-refractivity contribution >= 4 is 17.0 Å². The summed E-state index contributed by atoms with van der Waals surface area (Å²) in [5.41, 5.74) is 5.95. The van der Waals surface area contributed by atoms with Crippen molar-refractivity contribution in [3.05, 3.63) is 35.5 Å². The lowest BCUT2D eigenvalue weighted by Crippen LogP contribution is -2.50. The fraction of sp³-hybridized carbons (Fsp3) is 0.471. The molecule has 0 radical (unpaired) electrons. The zero-order valence-electron chi connectivity index (χ0n) is 14.1. The van der Waals surface area contributed by atoms with E-state index in [4.69, 9.17) is 0 Å². The van der Waals surface area contributed by atoms with Crippen molar-refractivity contribution in [1.82, 2.24) is 20.3 Å². The van der Waals surface area contributed by atoms with E-state index < -0.39 is 0 Å². The minimum absolute atomic E-state index is 0.810. The van der Waals surface area contributed by atoms with Crippen molar-refractivity contribution in [3.8, 4) is 10.4 Å². The first kappa shape index (κ1) is 16.4. The van der Waals surface area contributed by atoms with Crippen molar-refractivity contribution in [1.29, 1.82) is 0 Å². The van der Waals surface area contributed by atoms with E-state index in [0.717, 1.165) is 37.7 Å². The fourth-order valence-electron chi connectivity index (χ4n) is 2.59. The summed E-state index contributed by atoms with van der Waals surface area (Å²) in [4.78, 5) is 10.3. The first-order valence-corrected chi connectivity index (χ1v) is 8.83. The van der Waals surface area contributed by atoms with E-state index in [1.165, 1.54) is 16.1 Å². The molecule has 23 heavy (non-hydrogen) atoms. The van der Waals surface area contributed by atoms with E-state index in [0.29, 0.717) is 0 Å². The lowest BCUT2D eigenvalue weighted by atomic mass is 10.2. The van der Waals surface area contributed by atoms with Crippen molar-refractivity contribution in [2.75, 3.05) is 52.2 Å². The van der Waals surface area contributed by atoms with E-state index in [1.807, 2.05) is 6.20 Å². The van der Waals surface area contributed by atoms with Crippen LogP contribution in [0.25, 0.3) is 10.4 Å². The van der Waals surface area contributed by atoms with Gasteiger partial charge in [0, 0.05) is 52.2 Å². The van der Waals surface area contributed by atoms with Gasteiger partial charge in [0.05, 0.1) is 11.4 Å². The van der Waals surface area contributed by atoms with Crippen LogP contribution in [-0.4, -0.2) is 62.2 Å². The van der Waals surface area contributed by atoms with E-state index >= 15 is 0 Å². The Morgan fingerprint density at radius 3 is 2.48 bits per heavy atom. The largest absolute Gasteiger partial charge is 0.378 e. The van der Waals surface area contributed by atoms with Crippen molar-refractivity contribution < 1.29 is 0 Å². The second kappa shape index (κ2) is 7.40. The van der Waals surface area contributed by atoms with Crippen LogP contribution in [-0.2, 0) is 6.54 Å². The molecule has 2 heterocycles. The Morgan fingerprint density at radius 1 is 1.13 bits per heavy atom. The number of rotatable bonds is 5. The first-order valence-electron chi connectivity index (χ1n) is 8.01. The van der Waals surface area contributed by atoms with Crippen LogP contribution in [0.4, 0.5) is 5.69 Å². The molecule has 0 amide bonds. The number of benzene rings is 1. The van der Waals surface area contributed by atoms with Gasteiger partial charge >= 0.3 is 0 Å². The number of nitrogens with zero attached hydrogens (tertiary/aromatic N) is 4. The average Bonchev–Trinajstić information content (AvgIpc) is 3.03. The van der Waals surface area contributed by atoms with Crippen LogP contribution >= 0.6 is 11.3 Å². The highest BCUT2D eigenvalue weighted by atomic mass is 32.1. The standard InChI is InChI=1S/C17H25N5S/c1-20(2)15-6-4-14(5-7-15)16-12-18-17(23-16)13-19-22-10-8-21(3)9-11-22/h4-7,12,19H,8-11,13H2,1-3H3. The van der Waals surface area contributed by atoms with Gasteiger partial charge in [-0.3, -0.25) is 0 Å². The van der Waals surface area contributed by atoms with Crippen LogP contribution < -0.4 is 10.3 Å². The van der Waals surface area contributed by atoms with Crippen LogP contribution in [0.3, 0.4) is 0 Å². The molecular weight excluding hydrogens is 306 g/mol. The van der Waals surface area contributed by atoms with E-state index in [1.54, 1.807) is 11.3 Å². The third-order valence-corrected chi connectivity index (χ3v) is 5.23. The highest BCUT2D eigenvalue weighted by molar-refractivity contribution is 7.15. The second-order valence-electron chi connectivity index (χ2n) is 6.18. The Balaban J connectivity index is 1.57. The van der Waals surface area contributed by atoms with Gasteiger partial charge < -0.3 is 9.80 Å². The minimum atomic E-state index is 0.810. The molecule has 0 aliphatic carbocycles. The van der Waals surface area contributed by atoms with Crippen molar-refractivity contribution in [2.24, 2.45) is 0 Å². The van der Waals surface area contributed by atoms with Crippen LogP contribution in [0.2, 0.25) is 0 Å². The van der Waals surface area contributed by atoms with Crippen molar-refractivity contribution in [2.45, 2.75) is 6.54 Å². The molecule has 0 unspecified atom stereocenters. The van der Waals surface area contributed by atoms with Crippen LogP contribution in [0.1, 0.15) is 5.01 Å². The number of piperazine rings is 1. The van der Waals surface area contributed by atoms with E-state index in [9.17, 15) is 0 Å². The Kier molecular flexibility index (Phi) is 5.27. The first-order chi connectivity index (χ1) is 11.1. The Morgan fingerprint density at radius 2 is 1.83 bits per heavy atom. The Hall–Kier alpha value is -1.47. The zero-order chi connectivity index (χ0) is 16.2. The quantitative estimate of drug-likeness (QED) is 0.908. The molecule has 1 fully saturated rings. The van der Waals surface area contributed by atoms with Gasteiger partial charge in [0.1, 0.15) is 5.01 Å². The molecule has 0 saturated carbocycles. The van der Waals surface area contributed by atoms with Gasteiger partial charge in [0.25, 0.3) is 0 Å². The number of hydrazine groups is 1. The number of likely N-dealkylation sites (N-methyl/N-ethyl adjacent to an activating group) is 1. The molecule has 1 N–H and O–H groups in total. The monoisotopic (exact) mass is 331 g/mol. The molecule has 1 saturated heterocycles. The third kappa shape index (κ3) is 4.29. The van der Waals surface area contributed by atoms with Gasteiger partial charge in [0.2, 0.25) is 0 Å². The van der Waals surface area contributed by atoms with Crippen LogP contribution in [0, 0.1) is 0 Å². The molecule has 6 heteroatoms. The lowest BCUT2D eigenvalue weighted by molar-refractivity contribution is 0.102. The van der Waals surface area contributed by atoms with Gasteiger partial charge in [-0.2, -0.15) is 0 Å². The van der Waals surface area contributed by atoms with Gasteiger partial charge in [0.15, 0.2) is 0 Å². The number of hydrogen-bond acceptors (Lipinski definition) is 6. The maximum absolute atomic E-state index is 4.56. The SMILES string of the molecule is CN1CCN(NCc2ncc(-c3ccc(N(C)C)cc3)s2)CC1. The molecule has 2 aromatic rings. The molecule has 1 aromatic carbocycles. The number of nitrogens with one attached hydrogen (secondary N) is 1. The van der Waals surface area contributed by atoms with Gasteiger partial charge in [-0.1, -0.05) is 12.1 Å². The van der Waals surface area contributed by atoms with Gasteiger partial charge in [-0.25, -0.2) is 15.4 Å². The number of thiazole rings is 1. The summed E-state index contributed by atoms with van der Waals surface area (Å²) in [6.07, 6.45) is 1.98. The highest BCUT2D eigenvalue weighted by Crippen LogP contribution is 2.27. The van der Waals surface area contributed by atoms with E-state index in [-0.39, 0.29) is 0 Å². The summed E-state index contributed by atoms with van der Waals surface area (Å²) in [7, 11) is 6.29. The molecule has 0 bridgehead atoms. The molecule has 1 aliphatic rings. The lowest BCUT2D eigenvalue weighted by Gasteiger charge is -2.32. The number of hydrogen-bond donors (Lipinski definition) is 1. The Bertz CT molecular complexity index is 614. The Labute approximate surface area is 142 Å². The van der Waals surface area contributed by atoms with Gasteiger partial charge in [-0.15, -0.1) is 11.3 Å². The average molecular weight is 331 g/mol. The molecule has 0 atom stereocenters. The zero-order valence-corrected chi connectivity index (χ0v) is 14.9. The number of anilines is 1. The molecule has 5 nitrogen and oxygen atoms in total. The van der Waals surface area contributed by atoms with E-state index in [2.05, 4.69) is 70.6 Å². The smallest absolute Gasteiger partial charge is 0.108 e. The molecule has 1 aliphatic heterocycles. The second-order valence-corrected chi connectivity index (χ2v) is 7.30. The minimum Gasteiger partial charge on any atom is -0.378 e. The summed E-state index contributed by atoms with van der Waals surface area (Å²) < 4.78 is 0. The summed E-state index contributed by atoms with van der Waals surface area (Å²) in [5.74, 6) is 0. The summed E-state index contributed by atoms with van der Waals surface area (Å²) in [5, 5.41) is 3.43. The third-order valence-electron chi connectivity index (χ3n) is 4.18. The maximum Gasteiger partial charge on any atom is 0.108 e. The topological polar surface area (TPSA) is 34.6 Å². The fourth-order valence-corrected chi connectivity index (χ4v) is 3.45. The summed E-state index contributed by atoms with van der Waals surface area (Å²) in [6, 6.07) is 8.63. The molecular formula is C17H25N5S. The predicted octanol–water partition coefficient (Wildman–Crippen LogP) is 2.13. The molecule has 0 spiro atoms. The maximum atomic E-state index is 4.56. The summed E-state index contributed by atoms with van der Waals surface area (Å²) >= 11 is 1.77. The van der Waals surface area contributed by atoms with Gasteiger partial charge in [-0.05, 0) is 24.7 Å². The molecule has 124 valence electrons.